The van der Waals surface area contributed by atoms with E-state index in [-0.39, 0.29) is 6.04 Å². The molecule has 1 unspecified atom stereocenters. The molecule has 1 aliphatic heterocycles. The monoisotopic (exact) mass is 419 g/mol. The van der Waals surface area contributed by atoms with Gasteiger partial charge in [-0.15, -0.1) is 0 Å². The zero-order chi connectivity index (χ0) is 21.5. The third-order valence-electron chi connectivity index (χ3n) is 5.54. The van der Waals surface area contributed by atoms with Crippen LogP contribution in [0.15, 0.2) is 67.0 Å². The van der Waals surface area contributed by atoms with Gasteiger partial charge in [-0.1, -0.05) is 36.4 Å². The van der Waals surface area contributed by atoms with E-state index in [0.717, 1.165) is 42.9 Å². The van der Waals surface area contributed by atoms with Gasteiger partial charge in [-0.25, -0.2) is 0 Å². The van der Waals surface area contributed by atoms with Gasteiger partial charge in [0.05, 0.1) is 20.3 Å². The quantitative estimate of drug-likeness (QED) is 0.601. The van der Waals surface area contributed by atoms with E-state index in [0.29, 0.717) is 23.9 Å². The van der Waals surface area contributed by atoms with Gasteiger partial charge in [0.1, 0.15) is 6.61 Å². The van der Waals surface area contributed by atoms with Crippen molar-refractivity contribution in [1.82, 2.24) is 15.2 Å². The molecule has 0 bridgehead atoms. The summed E-state index contributed by atoms with van der Waals surface area (Å²) in [6.07, 6.45) is 3.74. The second-order valence-electron chi connectivity index (χ2n) is 7.50. The Kier molecular flexibility index (Phi) is 7.02. The van der Waals surface area contributed by atoms with Gasteiger partial charge in [0.2, 0.25) is 5.75 Å². The Hall–Kier alpha value is -3.09. The Morgan fingerprint density at radius 3 is 2.26 bits per heavy atom. The SMILES string of the molecule is COc1cc(C(c2cccnc2)N2CCNCC2)cc(OC)c1OCc1ccccc1. The predicted molar refractivity (Wildman–Crippen MR) is 121 cm³/mol. The number of ether oxygens (including phenoxy) is 3. The van der Waals surface area contributed by atoms with Crippen LogP contribution in [0, 0.1) is 0 Å². The number of nitrogens with one attached hydrogen (secondary N) is 1. The van der Waals surface area contributed by atoms with Crippen LogP contribution in [0.25, 0.3) is 0 Å². The highest BCUT2D eigenvalue weighted by Gasteiger charge is 2.27. The minimum atomic E-state index is 0.0572. The average Bonchev–Trinajstić information content (AvgIpc) is 2.84. The average molecular weight is 420 g/mol. The Bertz CT molecular complexity index is 935. The molecule has 0 amide bonds. The third-order valence-corrected chi connectivity index (χ3v) is 5.54. The number of aromatic nitrogens is 1. The number of hydrogen-bond acceptors (Lipinski definition) is 6. The highest BCUT2D eigenvalue weighted by molar-refractivity contribution is 5.55. The van der Waals surface area contributed by atoms with Crippen LogP contribution in [-0.4, -0.2) is 50.3 Å². The summed E-state index contributed by atoms with van der Waals surface area (Å²) < 4.78 is 17.6. The number of piperazine rings is 1. The third kappa shape index (κ3) is 4.98. The van der Waals surface area contributed by atoms with Gasteiger partial charge in [0, 0.05) is 38.6 Å². The van der Waals surface area contributed by atoms with Crippen molar-refractivity contribution in [2.75, 3.05) is 40.4 Å². The molecule has 162 valence electrons. The Morgan fingerprint density at radius 1 is 0.935 bits per heavy atom. The molecule has 3 aromatic rings. The maximum absolute atomic E-state index is 6.14. The minimum absolute atomic E-state index is 0.0572. The molecule has 0 radical (unpaired) electrons. The second kappa shape index (κ2) is 10.3. The molecule has 0 aliphatic carbocycles. The van der Waals surface area contributed by atoms with Gasteiger partial charge in [0.25, 0.3) is 0 Å². The number of methoxy groups -OCH3 is 2. The Balaban J connectivity index is 1.70. The first-order valence-electron chi connectivity index (χ1n) is 10.6. The van der Waals surface area contributed by atoms with Gasteiger partial charge in [-0.05, 0) is 34.9 Å². The van der Waals surface area contributed by atoms with E-state index in [2.05, 4.69) is 33.4 Å². The van der Waals surface area contributed by atoms with Crippen LogP contribution in [0.4, 0.5) is 0 Å². The van der Waals surface area contributed by atoms with Crippen molar-refractivity contribution in [2.24, 2.45) is 0 Å². The molecule has 6 heteroatoms. The fourth-order valence-electron chi connectivity index (χ4n) is 4.02. The topological polar surface area (TPSA) is 55.9 Å². The lowest BCUT2D eigenvalue weighted by atomic mass is 9.97. The van der Waals surface area contributed by atoms with Crippen molar-refractivity contribution in [2.45, 2.75) is 12.6 Å². The maximum atomic E-state index is 6.14. The molecule has 6 nitrogen and oxygen atoms in total. The highest BCUT2D eigenvalue weighted by atomic mass is 16.5. The molecule has 1 aromatic heterocycles. The summed E-state index contributed by atoms with van der Waals surface area (Å²) in [5.41, 5.74) is 3.33. The first-order valence-corrected chi connectivity index (χ1v) is 10.6. The first-order chi connectivity index (χ1) is 15.3. The molecular weight excluding hydrogens is 390 g/mol. The van der Waals surface area contributed by atoms with E-state index < -0.39 is 0 Å². The summed E-state index contributed by atoms with van der Waals surface area (Å²) in [6.45, 7) is 4.27. The molecule has 1 aliphatic rings. The summed E-state index contributed by atoms with van der Waals surface area (Å²) in [4.78, 5) is 6.83. The molecule has 1 N–H and O–H groups in total. The number of benzene rings is 2. The van der Waals surface area contributed by atoms with Crippen LogP contribution in [0.1, 0.15) is 22.7 Å². The molecule has 1 fully saturated rings. The van der Waals surface area contributed by atoms with Crippen molar-refractivity contribution >= 4 is 0 Å². The highest BCUT2D eigenvalue weighted by Crippen LogP contribution is 2.42. The molecule has 2 heterocycles. The van der Waals surface area contributed by atoms with Gasteiger partial charge >= 0.3 is 0 Å². The van der Waals surface area contributed by atoms with Gasteiger partial charge in [0.15, 0.2) is 11.5 Å². The number of rotatable bonds is 8. The molecule has 0 saturated carbocycles. The lowest BCUT2D eigenvalue weighted by Gasteiger charge is -2.35. The fraction of sp³-hybridized carbons (Fsp3) is 0.320. The van der Waals surface area contributed by atoms with E-state index in [4.69, 9.17) is 14.2 Å². The van der Waals surface area contributed by atoms with Crippen LogP contribution in [-0.2, 0) is 6.61 Å². The van der Waals surface area contributed by atoms with E-state index in [1.54, 1.807) is 20.4 Å². The first kappa shape index (κ1) is 21.2. The van der Waals surface area contributed by atoms with Crippen LogP contribution < -0.4 is 19.5 Å². The summed E-state index contributed by atoms with van der Waals surface area (Å²) >= 11 is 0. The van der Waals surface area contributed by atoms with E-state index in [9.17, 15) is 0 Å². The zero-order valence-corrected chi connectivity index (χ0v) is 18.1. The normalized spacial score (nSPS) is 15.3. The lowest BCUT2D eigenvalue weighted by molar-refractivity contribution is 0.197. The summed E-state index contributed by atoms with van der Waals surface area (Å²) in [7, 11) is 3.33. The fourth-order valence-corrected chi connectivity index (χ4v) is 4.02. The van der Waals surface area contributed by atoms with E-state index in [1.165, 1.54) is 0 Å². The van der Waals surface area contributed by atoms with Crippen molar-refractivity contribution in [1.29, 1.82) is 0 Å². The summed E-state index contributed by atoms with van der Waals surface area (Å²) in [5, 5.41) is 3.43. The smallest absolute Gasteiger partial charge is 0.203 e. The van der Waals surface area contributed by atoms with E-state index >= 15 is 0 Å². The van der Waals surface area contributed by atoms with Crippen molar-refractivity contribution in [3.8, 4) is 17.2 Å². The van der Waals surface area contributed by atoms with Crippen molar-refractivity contribution in [3.05, 3.63) is 83.7 Å². The molecule has 31 heavy (non-hydrogen) atoms. The van der Waals surface area contributed by atoms with Crippen LogP contribution in [0.2, 0.25) is 0 Å². The zero-order valence-electron chi connectivity index (χ0n) is 18.1. The molecule has 4 rings (SSSR count). The minimum Gasteiger partial charge on any atom is -0.493 e. The van der Waals surface area contributed by atoms with Gasteiger partial charge in [-0.2, -0.15) is 0 Å². The van der Waals surface area contributed by atoms with Gasteiger partial charge < -0.3 is 19.5 Å². The number of hydrogen-bond donors (Lipinski definition) is 1. The lowest BCUT2D eigenvalue weighted by Crippen LogP contribution is -2.45. The van der Waals surface area contributed by atoms with Crippen LogP contribution in [0.3, 0.4) is 0 Å². The summed E-state index contributed by atoms with van der Waals surface area (Å²) in [5.74, 6) is 1.94. The number of pyridine rings is 1. The molecule has 0 spiro atoms. The maximum Gasteiger partial charge on any atom is 0.203 e. The van der Waals surface area contributed by atoms with E-state index in [1.807, 2.05) is 42.6 Å². The van der Waals surface area contributed by atoms with Crippen LogP contribution in [0.5, 0.6) is 17.2 Å². The second-order valence-corrected chi connectivity index (χ2v) is 7.50. The Morgan fingerprint density at radius 2 is 1.65 bits per heavy atom. The van der Waals surface area contributed by atoms with Crippen molar-refractivity contribution in [3.63, 3.8) is 0 Å². The summed E-state index contributed by atoms with van der Waals surface area (Å²) in [6, 6.07) is 18.4. The van der Waals surface area contributed by atoms with Crippen LogP contribution >= 0.6 is 0 Å². The van der Waals surface area contributed by atoms with Crippen molar-refractivity contribution < 1.29 is 14.2 Å². The standard InChI is InChI=1S/C25H29N3O3/c1-29-22-15-21(16-23(30-2)25(22)31-18-19-7-4-3-5-8-19)24(20-9-6-10-27-17-20)28-13-11-26-12-14-28/h3-10,15-17,24,26H,11-14,18H2,1-2H3. The predicted octanol–water partition coefficient (Wildman–Crippen LogP) is 3.67. The number of nitrogens with zero attached hydrogens (tertiary/aromatic N) is 2. The molecule has 1 saturated heterocycles. The largest absolute Gasteiger partial charge is 0.493 e. The molecule has 1 atom stereocenters. The molecular formula is C25H29N3O3. The van der Waals surface area contributed by atoms with Gasteiger partial charge in [-0.3, -0.25) is 9.88 Å². The molecule has 2 aromatic carbocycles. The Labute approximate surface area is 183 Å².